The smallest absolute Gasteiger partial charge is 0.389 e. The zero-order valence-corrected chi connectivity index (χ0v) is 26.4. The molecule has 0 aromatic heterocycles. The number of para-hydroxylation sites is 1. The summed E-state index contributed by atoms with van der Waals surface area (Å²) >= 11 is 0. The number of benzene rings is 2. The van der Waals surface area contributed by atoms with E-state index in [9.17, 15) is 45.8 Å². The summed E-state index contributed by atoms with van der Waals surface area (Å²) in [6.07, 6.45) is -15.4. The minimum Gasteiger partial charge on any atom is -0.393 e. The predicted molar refractivity (Wildman–Crippen MR) is 166 cm³/mol. The van der Waals surface area contributed by atoms with Gasteiger partial charge in [0.25, 0.3) is 5.91 Å². The van der Waals surface area contributed by atoms with Crippen molar-refractivity contribution < 1.29 is 45.8 Å². The van der Waals surface area contributed by atoms with Crippen LogP contribution in [0.4, 0.5) is 32.0 Å². The number of aliphatic imine (C=N–C) groups is 1. The van der Waals surface area contributed by atoms with Gasteiger partial charge in [-0.1, -0.05) is 48.5 Å². The van der Waals surface area contributed by atoms with Gasteiger partial charge in [-0.05, 0) is 38.2 Å². The van der Waals surface area contributed by atoms with Crippen molar-refractivity contribution in [2.75, 3.05) is 31.7 Å². The maximum atomic E-state index is 13.9. The van der Waals surface area contributed by atoms with Gasteiger partial charge in [-0.25, -0.2) is 4.99 Å². The van der Waals surface area contributed by atoms with Gasteiger partial charge < -0.3 is 20.6 Å². The van der Waals surface area contributed by atoms with Crippen LogP contribution in [0, 0.1) is 11.8 Å². The fourth-order valence-electron chi connectivity index (χ4n) is 5.95. The molecule has 0 spiro atoms. The largest absolute Gasteiger partial charge is 0.393 e. The van der Waals surface area contributed by atoms with Crippen LogP contribution in [0.25, 0.3) is 0 Å². The van der Waals surface area contributed by atoms with Crippen molar-refractivity contribution in [2.45, 2.75) is 69.6 Å². The first-order valence-electron chi connectivity index (χ1n) is 15.7. The van der Waals surface area contributed by atoms with Crippen molar-refractivity contribution >= 4 is 29.1 Å². The Morgan fingerprint density at radius 2 is 1.50 bits per heavy atom. The van der Waals surface area contributed by atoms with E-state index in [1.54, 1.807) is 59.5 Å². The van der Waals surface area contributed by atoms with E-state index in [0.717, 1.165) is 0 Å². The maximum Gasteiger partial charge on any atom is 0.389 e. The van der Waals surface area contributed by atoms with E-state index in [-0.39, 0.29) is 6.67 Å². The maximum absolute atomic E-state index is 13.9. The number of carbonyl (C=O) groups is 3. The first kappa shape index (κ1) is 36.8. The summed E-state index contributed by atoms with van der Waals surface area (Å²) in [6, 6.07) is 15.6. The number of likely N-dealkylation sites (tertiary alicyclic amines) is 1. The van der Waals surface area contributed by atoms with Gasteiger partial charge in [0.15, 0.2) is 0 Å². The third kappa shape index (κ3) is 10.3. The number of aliphatic hydroxyl groups excluding tert-OH is 1. The molecule has 1 saturated heterocycles. The van der Waals surface area contributed by atoms with Crippen molar-refractivity contribution in [1.82, 2.24) is 15.5 Å². The van der Waals surface area contributed by atoms with E-state index in [1.165, 1.54) is 11.9 Å². The molecule has 2 aromatic carbocycles. The SMILES string of the molecule is CN1C(=O)C(NC(=O)C(CCCC(F)(F)F)C(CCC(F)(F)F)C(=O)NCN2CCC(O)CC2)N=C(c2ccccc2)c2ccccc21. The van der Waals surface area contributed by atoms with Gasteiger partial charge in [0, 0.05) is 55.9 Å². The molecule has 2 aliphatic rings. The number of aliphatic hydroxyl groups is 1. The summed E-state index contributed by atoms with van der Waals surface area (Å²) in [6.45, 7) is 0.733. The van der Waals surface area contributed by atoms with Crippen molar-refractivity contribution in [1.29, 1.82) is 0 Å². The van der Waals surface area contributed by atoms with Crippen LogP contribution in [0.2, 0.25) is 0 Å². The van der Waals surface area contributed by atoms with Crippen molar-refractivity contribution in [3.8, 4) is 0 Å². The second kappa shape index (κ2) is 15.9. The second-order valence-electron chi connectivity index (χ2n) is 12.1. The van der Waals surface area contributed by atoms with E-state index in [4.69, 9.17) is 0 Å². The summed E-state index contributed by atoms with van der Waals surface area (Å²) in [7, 11) is 1.46. The summed E-state index contributed by atoms with van der Waals surface area (Å²) in [4.78, 5) is 48.6. The molecule has 4 rings (SSSR count). The Kier molecular flexibility index (Phi) is 12.2. The average Bonchev–Trinajstić information content (AvgIpc) is 3.13. The Morgan fingerprint density at radius 3 is 2.15 bits per heavy atom. The van der Waals surface area contributed by atoms with E-state index in [2.05, 4.69) is 15.6 Å². The lowest BCUT2D eigenvalue weighted by molar-refractivity contribution is -0.148. The molecule has 2 aromatic rings. The van der Waals surface area contributed by atoms with E-state index in [1.807, 2.05) is 0 Å². The molecule has 3 unspecified atom stereocenters. The highest BCUT2D eigenvalue weighted by Gasteiger charge is 2.40. The minimum atomic E-state index is -4.71. The minimum absolute atomic E-state index is 0.0835. The molecule has 3 N–H and O–H groups in total. The zero-order chi connectivity index (χ0) is 35.1. The quantitative estimate of drug-likeness (QED) is 0.279. The lowest BCUT2D eigenvalue weighted by atomic mass is 9.83. The van der Waals surface area contributed by atoms with E-state index >= 15 is 0 Å². The fourth-order valence-corrected chi connectivity index (χ4v) is 5.95. The lowest BCUT2D eigenvalue weighted by Crippen LogP contribution is -2.51. The Bertz CT molecular complexity index is 1440. The number of hydrogen-bond donors (Lipinski definition) is 3. The molecule has 9 nitrogen and oxygen atoms in total. The molecular formula is C33H39F6N5O4. The molecule has 2 heterocycles. The molecule has 0 bridgehead atoms. The van der Waals surface area contributed by atoms with Crippen LogP contribution in [-0.2, 0) is 14.4 Å². The van der Waals surface area contributed by atoms with Gasteiger partial charge in [0.05, 0.1) is 24.2 Å². The first-order valence-corrected chi connectivity index (χ1v) is 15.7. The number of amides is 3. The number of piperidine rings is 1. The van der Waals surface area contributed by atoms with Crippen molar-refractivity contribution in [3.05, 3.63) is 65.7 Å². The number of anilines is 1. The number of nitrogens with one attached hydrogen (secondary N) is 2. The summed E-state index contributed by atoms with van der Waals surface area (Å²) in [5, 5.41) is 14.8. The number of fused-ring (bicyclic) bond motifs is 1. The molecule has 3 atom stereocenters. The van der Waals surface area contributed by atoms with Crippen LogP contribution in [-0.4, -0.2) is 84.9 Å². The molecule has 0 aliphatic carbocycles. The standard InChI is InChI=1S/C33H39F6N5O4/c1-43-26-12-6-5-10-25(26)27(21-8-3-2-4-9-21)41-28(31(43)48)42-30(47)23(11-7-16-32(34,35)36)24(13-17-33(37,38)39)29(46)40-20-44-18-14-22(45)15-19-44/h2-6,8-10,12,22-24,28,45H,7,11,13-20H2,1H3,(H,40,46)(H,42,47). The Morgan fingerprint density at radius 1 is 0.896 bits per heavy atom. The van der Waals surface area contributed by atoms with Crippen LogP contribution in [0.5, 0.6) is 0 Å². The monoisotopic (exact) mass is 683 g/mol. The van der Waals surface area contributed by atoms with Gasteiger partial charge in [-0.3, -0.25) is 19.3 Å². The molecule has 3 amide bonds. The molecule has 2 aliphatic heterocycles. The summed E-state index contributed by atoms with van der Waals surface area (Å²) < 4.78 is 79.7. The highest BCUT2D eigenvalue weighted by molar-refractivity contribution is 6.20. The topological polar surface area (TPSA) is 114 Å². The molecule has 262 valence electrons. The highest BCUT2D eigenvalue weighted by Crippen LogP contribution is 2.33. The van der Waals surface area contributed by atoms with Gasteiger partial charge >= 0.3 is 12.4 Å². The van der Waals surface area contributed by atoms with Crippen LogP contribution >= 0.6 is 0 Å². The molecule has 0 radical (unpaired) electrons. The number of halogens is 6. The summed E-state index contributed by atoms with van der Waals surface area (Å²) in [5.41, 5.74) is 1.96. The van der Waals surface area contributed by atoms with Gasteiger partial charge in [0.2, 0.25) is 18.0 Å². The van der Waals surface area contributed by atoms with Gasteiger partial charge in [-0.2, -0.15) is 26.3 Å². The molecule has 0 saturated carbocycles. The summed E-state index contributed by atoms with van der Waals surface area (Å²) in [5.74, 6) is -5.99. The number of benzodiazepines with no additional fused rings is 1. The van der Waals surface area contributed by atoms with Crippen LogP contribution in [0.1, 0.15) is 56.1 Å². The number of alkyl halides is 6. The highest BCUT2D eigenvalue weighted by atomic mass is 19.4. The van der Waals surface area contributed by atoms with E-state index in [0.29, 0.717) is 48.5 Å². The third-order valence-corrected chi connectivity index (χ3v) is 8.58. The number of nitrogens with zero attached hydrogens (tertiary/aromatic N) is 3. The van der Waals surface area contributed by atoms with Crippen LogP contribution < -0.4 is 15.5 Å². The van der Waals surface area contributed by atoms with Crippen molar-refractivity contribution in [2.24, 2.45) is 16.8 Å². The van der Waals surface area contributed by atoms with Crippen LogP contribution in [0.3, 0.4) is 0 Å². The first-order chi connectivity index (χ1) is 22.6. The van der Waals surface area contributed by atoms with Gasteiger partial charge in [0.1, 0.15) is 0 Å². The molecule has 15 heteroatoms. The Labute approximate surface area is 274 Å². The lowest BCUT2D eigenvalue weighted by Gasteiger charge is -2.31. The van der Waals surface area contributed by atoms with Gasteiger partial charge in [-0.15, -0.1) is 0 Å². The number of rotatable bonds is 12. The van der Waals surface area contributed by atoms with Crippen molar-refractivity contribution in [3.63, 3.8) is 0 Å². The Balaban J connectivity index is 1.65. The molecule has 48 heavy (non-hydrogen) atoms. The van der Waals surface area contributed by atoms with Crippen LogP contribution in [0.15, 0.2) is 59.6 Å². The molecular weight excluding hydrogens is 644 g/mol. The number of hydrogen-bond acceptors (Lipinski definition) is 6. The predicted octanol–water partition coefficient (Wildman–Crippen LogP) is 4.78. The third-order valence-electron chi connectivity index (χ3n) is 8.58. The average molecular weight is 684 g/mol. The number of carbonyl (C=O) groups excluding carboxylic acids is 3. The van der Waals surface area contributed by atoms with E-state index < -0.39 is 86.3 Å². The zero-order valence-electron chi connectivity index (χ0n) is 26.4. The number of likely N-dealkylation sites (N-methyl/N-ethyl adjacent to an activating group) is 1. The second-order valence-corrected chi connectivity index (χ2v) is 12.1. The Hall–Kier alpha value is -3.98. The molecule has 1 fully saturated rings. The normalized spacial score (nSPS) is 19.2. The fraction of sp³-hybridized carbons (Fsp3) is 0.515.